The Morgan fingerprint density at radius 1 is 1.07 bits per heavy atom. The van der Waals surface area contributed by atoms with E-state index >= 15 is 0 Å². The molecule has 0 N–H and O–H groups in total. The summed E-state index contributed by atoms with van der Waals surface area (Å²) in [4.78, 5) is 12.1. The van der Waals surface area contributed by atoms with Crippen molar-refractivity contribution in [2.45, 2.75) is 32.5 Å². The van der Waals surface area contributed by atoms with Gasteiger partial charge in [-0.2, -0.15) is 13.2 Å². The van der Waals surface area contributed by atoms with Crippen LogP contribution in [-0.4, -0.2) is 24.4 Å². The van der Waals surface area contributed by atoms with Crippen molar-refractivity contribution >= 4 is 12.0 Å². The smallest absolute Gasteiger partial charge is 0.422 e. The number of hydrogen-bond acceptors (Lipinski definition) is 3. The van der Waals surface area contributed by atoms with Crippen LogP contribution in [0.3, 0.4) is 0 Å². The highest BCUT2D eigenvalue weighted by Gasteiger charge is 2.29. The molecule has 0 saturated heterocycles. The van der Waals surface area contributed by atoms with Crippen LogP contribution in [-0.2, 0) is 4.74 Å². The van der Waals surface area contributed by atoms with Gasteiger partial charge in [0.2, 0.25) is 0 Å². The van der Waals surface area contributed by atoms with Crippen LogP contribution >= 0.6 is 0 Å². The van der Waals surface area contributed by atoms with Gasteiger partial charge in [-0.1, -0.05) is 30.9 Å². The lowest BCUT2D eigenvalue weighted by molar-refractivity contribution is -0.153. The van der Waals surface area contributed by atoms with E-state index in [1.807, 2.05) is 0 Å². The summed E-state index contributed by atoms with van der Waals surface area (Å²) in [5.74, 6) is -0.370. The van der Waals surface area contributed by atoms with Crippen LogP contribution in [0.2, 0.25) is 0 Å². The number of hydrogen-bond donors (Lipinski definition) is 0. The molecule has 0 saturated carbocycles. The Labute approximate surface area is 156 Å². The zero-order chi connectivity index (χ0) is 20.2. The number of alkyl halides is 3. The van der Waals surface area contributed by atoms with Gasteiger partial charge >= 0.3 is 12.1 Å². The maximum Gasteiger partial charge on any atom is 0.422 e. The average Bonchev–Trinajstić information content (AvgIpc) is 2.58. The lowest BCUT2D eigenvalue weighted by Crippen LogP contribution is -2.23. The minimum Gasteiger partial charge on any atom is -0.483 e. The molecule has 0 radical (unpaired) electrons. The molecule has 0 heterocycles. The number of carbonyl (C=O) groups is 1. The number of halogens is 3. The standard InChI is InChI=1S/C21H21F3O3/c1-5-14-6-11-18(26-13-21(22,23)24)17(12-14)15-7-9-16(10-8-15)19(25)27-20(2,3)4/h5-12H,1,13H2,2-4H3. The van der Waals surface area contributed by atoms with Crippen LogP contribution < -0.4 is 4.74 Å². The molecule has 27 heavy (non-hydrogen) atoms. The molecule has 6 heteroatoms. The Bertz CT molecular complexity index is 816. The fourth-order valence-corrected chi connectivity index (χ4v) is 2.31. The van der Waals surface area contributed by atoms with Crippen molar-refractivity contribution in [3.05, 3.63) is 60.2 Å². The Hall–Kier alpha value is -2.76. The van der Waals surface area contributed by atoms with E-state index in [-0.39, 0.29) is 5.75 Å². The third-order valence-electron chi connectivity index (χ3n) is 3.46. The first-order chi connectivity index (χ1) is 12.5. The third kappa shape index (κ3) is 6.16. The zero-order valence-electron chi connectivity index (χ0n) is 15.4. The van der Waals surface area contributed by atoms with E-state index in [0.29, 0.717) is 16.7 Å². The van der Waals surface area contributed by atoms with Crippen LogP contribution in [0.4, 0.5) is 13.2 Å². The second kappa shape index (κ2) is 7.86. The molecule has 0 unspecified atom stereocenters. The number of carbonyl (C=O) groups excluding carboxylic acids is 1. The monoisotopic (exact) mass is 378 g/mol. The summed E-state index contributed by atoms with van der Waals surface area (Å²) < 4.78 is 47.8. The molecule has 0 bridgehead atoms. The highest BCUT2D eigenvalue weighted by Crippen LogP contribution is 2.33. The molecule has 2 aromatic rings. The van der Waals surface area contributed by atoms with Gasteiger partial charge in [-0.15, -0.1) is 0 Å². The first-order valence-electron chi connectivity index (χ1n) is 8.28. The molecule has 144 valence electrons. The first-order valence-corrected chi connectivity index (χ1v) is 8.28. The number of esters is 1. The van der Waals surface area contributed by atoms with Crippen LogP contribution in [0, 0.1) is 0 Å². The van der Waals surface area contributed by atoms with Crippen LogP contribution in [0.15, 0.2) is 49.0 Å². The predicted molar refractivity (Wildman–Crippen MR) is 98.7 cm³/mol. The second-order valence-corrected chi connectivity index (χ2v) is 6.94. The van der Waals surface area contributed by atoms with Crippen LogP contribution in [0.25, 0.3) is 17.2 Å². The SMILES string of the molecule is C=Cc1ccc(OCC(F)(F)F)c(-c2ccc(C(=O)OC(C)(C)C)cc2)c1. The summed E-state index contributed by atoms with van der Waals surface area (Å²) in [5, 5.41) is 0. The second-order valence-electron chi connectivity index (χ2n) is 6.94. The summed E-state index contributed by atoms with van der Waals surface area (Å²) in [6, 6.07) is 11.2. The maximum atomic E-state index is 12.5. The van der Waals surface area contributed by atoms with E-state index in [4.69, 9.17) is 9.47 Å². The number of benzene rings is 2. The van der Waals surface area contributed by atoms with Crippen molar-refractivity contribution in [2.24, 2.45) is 0 Å². The van der Waals surface area contributed by atoms with Gasteiger partial charge in [0.1, 0.15) is 11.4 Å². The number of ether oxygens (including phenoxy) is 2. The molecule has 2 aromatic carbocycles. The normalized spacial score (nSPS) is 11.8. The van der Waals surface area contributed by atoms with Gasteiger partial charge in [-0.25, -0.2) is 4.79 Å². The summed E-state index contributed by atoms with van der Waals surface area (Å²) >= 11 is 0. The Kier molecular flexibility index (Phi) is 5.98. The maximum absolute atomic E-state index is 12.5. The van der Waals surface area contributed by atoms with Gasteiger partial charge in [0.25, 0.3) is 0 Å². The third-order valence-corrected chi connectivity index (χ3v) is 3.46. The highest BCUT2D eigenvalue weighted by atomic mass is 19.4. The lowest BCUT2D eigenvalue weighted by atomic mass is 10.0. The Morgan fingerprint density at radius 2 is 1.70 bits per heavy atom. The minimum atomic E-state index is -4.44. The van der Waals surface area contributed by atoms with E-state index < -0.39 is 24.4 Å². The fourth-order valence-electron chi connectivity index (χ4n) is 2.31. The molecule has 0 aliphatic heterocycles. The van der Waals surface area contributed by atoms with Crippen molar-refractivity contribution in [3.63, 3.8) is 0 Å². The minimum absolute atomic E-state index is 0.0999. The lowest BCUT2D eigenvalue weighted by Gasteiger charge is -2.19. The molecular formula is C21H21F3O3. The highest BCUT2D eigenvalue weighted by molar-refractivity contribution is 5.90. The van der Waals surface area contributed by atoms with Crippen LogP contribution in [0.5, 0.6) is 5.75 Å². The van der Waals surface area contributed by atoms with Crippen LogP contribution in [0.1, 0.15) is 36.7 Å². The van der Waals surface area contributed by atoms with Gasteiger partial charge in [0.15, 0.2) is 6.61 Å². The predicted octanol–water partition coefficient (Wildman–Crippen LogP) is 5.89. The van der Waals surface area contributed by atoms with E-state index in [2.05, 4.69) is 6.58 Å². The summed E-state index contributed by atoms with van der Waals surface area (Å²) in [6.45, 7) is 7.59. The van der Waals surface area contributed by atoms with Crippen molar-refractivity contribution < 1.29 is 27.4 Å². The Balaban J connectivity index is 2.33. The van der Waals surface area contributed by atoms with E-state index in [1.165, 1.54) is 6.07 Å². The topological polar surface area (TPSA) is 35.5 Å². The number of rotatable bonds is 5. The molecule has 0 amide bonds. The molecule has 2 rings (SSSR count). The van der Waals surface area contributed by atoms with Gasteiger partial charge in [-0.3, -0.25) is 0 Å². The zero-order valence-corrected chi connectivity index (χ0v) is 15.4. The van der Waals surface area contributed by atoms with E-state index in [9.17, 15) is 18.0 Å². The van der Waals surface area contributed by atoms with Gasteiger partial charge in [-0.05, 0) is 56.2 Å². The van der Waals surface area contributed by atoms with Gasteiger partial charge in [0, 0.05) is 5.56 Å². The van der Waals surface area contributed by atoms with Crippen molar-refractivity contribution in [1.29, 1.82) is 0 Å². The fraction of sp³-hybridized carbons (Fsp3) is 0.286. The van der Waals surface area contributed by atoms with Crippen molar-refractivity contribution in [3.8, 4) is 16.9 Å². The molecule has 0 spiro atoms. The molecule has 0 fully saturated rings. The summed E-state index contributed by atoms with van der Waals surface area (Å²) in [5.41, 5.74) is 1.56. The molecule has 0 aliphatic carbocycles. The van der Waals surface area contributed by atoms with E-state index in [0.717, 1.165) is 5.56 Å². The summed E-state index contributed by atoms with van der Waals surface area (Å²) in [6.07, 6.45) is -2.85. The largest absolute Gasteiger partial charge is 0.483 e. The van der Waals surface area contributed by atoms with Crippen molar-refractivity contribution in [1.82, 2.24) is 0 Å². The quantitative estimate of drug-likeness (QED) is 0.608. The first kappa shape index (κ1) is 20.6. The average molecular weight is 378 g/mol. The molecular weight excluding hydrogens is 357 g/mol. The van der Waals surface area contributed by atoms with Crippen molar-refractivity contribution in [2.75, 3.05) is 6.61 Å². The molecule has 0 aromatic heterocycles. The molecule has 3 nitrogen and oxygen atoms in total. The molecule has 0 atom stereocenters. The van der Waals surface area contributed by atoms with Gasteiger partial charge < -0.3 is 9.47 Å². The summed E-state index contributed by atoms with van der Waals surface area (Å²) in [7, 11) is 0. The van der Waals surface area contributed by atoms with Gasteiger partial charge in [0.05, 0.1) is 5.56 Å². The molecule has 0 aliphatic rings. The van der Waals surface area contributed by atoms with E-state index in [1.54, 1.807) is 63.2 Å². The Morgan fingerprint density at radius 3 is 2.22 bits per heavy atom.